The number of nitrogens with two attached hydrogens (primary N) is 1. The number of hydrogen-bond acceptors (Lipinski definition) is 3. The second kappa shape index (κ2) is 5.57. The summed E-state index contributed by atoms with van der Waals surface area (Å²) in [4.78, 5) is 3.19. The quantitative estimate of drug-likeness (QED) is 0.766. The van der Waals surface area contributed by atoms with E-state index in [-0.39, 0.29) is 5.56 Å². The minimum Gasteiger partial charge on any atom is -0.256 e. The molecule has 4 nitrogen and oxygen atoms in total. The third-order valence-corrected chi connectivity index (χ3v) is 4.55. The monoisotopic (exact) mass is 352 g/mol. The fourth-order valence-corrected chi connectivity index (χ4v) is 3.59. The van der Waals surface area contributed by atoms with Gasteiger partial charge in [0.05, 0.1) is 11.1 Å². The Morgan fingerprint density at radius 2 is 1.58 bits per heavy atom. The van der Waals surface area contributed by atoms with Crippen LogP contribution in [0.4, 0.5) is 13.2 Å². The minimum absolute atomic E-state index is 0.106. The van der Waals surface area contributed by atoms with Crippen molar-refractivity contribution in [3.05, 3.63) is 60.3 Å². The first-order valence-corrected chi connectivity index (χ1v) is 8.31. The molecule has 0 fully saturated rings. The van der Waals surface area contributed by atoms with Crippen molar-refractivity contribution in [2.24, 2.45) is 5.14 Å². The molecule has 0 bridgehead atoms. The molecule has 8 heteroatoms. The molecule has 0 atom stereocenters. The fraction of sp³-hybridized carbons (Fsp3) is 0.0625. The van der Waals surface area contributed by atoms with Crippen molar-refractivity contribution >= 4 is 20.9 Å². The van der Waals surface area contributed by atoms with Crippen LogP contribution in [0.15, 0.2) is 59.6 Å². The Kier molecular flexibility index (Phi) is 3.81. The minimum atomic E-state index is -4.85. The number of sulfonamides is 1. The topological polar surface area (TPSA) is 73.1 Å². The number of aromatic nitrogens is 1. The number of nitrogens with zero attached hydrogens (tertiary/aromatic N) is 1. The molecule has 0 spiro atoms. The molecule has 1 aromatic heterocycles. The Morgan fingerprint density at radius 3 is 2.25 bits per heavy atom. The van der Waals surface area contributed by atoms with Crippen molar-refractivity contribution in [1.82, 2.24) is 4.98 Å². The Bertz CT molecular complexity index is 1030. The summed E-state index contributed by atoms with van der Waals surface area (Å²) in [6, 6.07) is 11.3. The van der Waals surface area contributed by atoms with Gasteiger partial charge in [-0.05, 0) is 23.8 Å². The summed E-state index contributed by atoms with van der Waals surface area (Å²) in [7, 11) is -4.60. The van der Waals surface area contributed by atoms with Crippen molar-refractivity contribution in [2.75, 3.05) is 0 Å². The summed E-state index contributed by atoms with van der Waals surface area (Å²) in [5.74, 6) is 0. The molecule has 0 saturated heterocycles. The predicted octanol–water partition coefficient (Wildman–Crippen LogP) is 3.57. The van der Waals surface area contributed by atoms with Crippen molar-refractivity contribution in [1.29, 1.82) is 0 Å². The highest BCUT2D eigenvalue weighted by molar-refractivity contribution is 7.89. The fourth-order valence-electron chi connectivity index (χ4n) is 2.62. The van der Waals surface area contributed by atoms with Crippen LogP contribution >= 0.6 is 0 Å². The van der Waals surface area contributed by atoms with Gasteiger partial charge in [0.2, 0.25) is 10.0 Å². The second-order valence-electron chi connectivity index (χ2n) is 5.10. The number of benzene rings is 2. The van der Waals surface area contributed by atoms with Gasteiger partial charge in [0, 0.05) is 17.1 Å². The predicted molar refractivity (Wildman–Crippen MR) is 83.6 cm³/mol. The number of pyridine rings is 1. The zero-order valence-electron chi connectivity index (χ0n) is 12.1. The average Bonchev–Trinajstić information content (AvgIpc) is 2.52. The maximum atomic E-state index is 13.3. The number of halogens is 3. The highest BCUT2D eigenvalue weighted by Gasteiger charge is 2.38. The van der Waals surface area contributed by atoms with Gasteiger partial charge < -0.3 is 0 Å². The van der Waals surface area contributed by atoms with Gasteiger partial charge in [-0.15, -0.1) is 0 Å². The summed E-state index contributed by atoms with van der Waals surface area (Å²) in [6.07, 6.45) is -3.31. The lowest BCUT2D eigenvalue weighted by Gasteiger charge is -2.16. The molecule has 124 valence electrons. The largest absolute Gasteiger partial charge is 0.417 e. The van der Waals surface area contributed by atoms with Crippen molar-refractivity contribution < 1.29 is 21.6 Å². The van der Waals surface area contributed by atoms with E-state index < -0.39 is 26.7 Å². The van der Waals surface area contributed by atoms with Gasteiger partial charge in [-0.1, -0.05) is 30.3 Å². The summed E-state index contributed by atoms with van der Waals surface area (Å²) in [5.41, 5.74) is -0.544. The van der Waals surface area contributed by atoms with Crippen LogP contribution < -0.4 is 5.14 Å². The van der Waals surface area contributed by atoms with E-state index in [4.69, 9.17) is 5.14 Å². The Labute approximate surface area is 135 Å². The zero-order chi connectivity index (χ0) is 17.5. The molecule has 3 aromatic rings. The van der Waals surface area contributed by atoms with Crippen LogP contribution in [0.2, 0.25) is 0 Å². The number of alkyl halides is 3. The number of primary sulfonamides is 1. The van der Waals surface area contributed by atoms with E-state index in [2.05, 4.69) is 4.98 Å². The van der Waals surface area contributed by atoms with E-state index in [0.717, 1.165) is 6.07 Å². The van der Waals surface area contributed by atoms with Crippen LogP contribution in [0.3, 0.4) is 0 Å². The summed E-state index contributed by atoms with van der Waals surface area (Å²) in [5, 5.41) is 5.62. The molecule has 1 heterocycles. The molecule has 0 unspecified atom stereocenters. The van der Waals surface area contributed by atoms with Crippen molar-refractivity contribution in [3.63, 3.8) is 0 Å². The van der Waals surface area contributed by atoms with E-state index in [1.807, 2.05) is 0 Å². The second-order valence-corrected chi connectivity index (χ2v) is 6.60. The molecule has 0 aliphatic carbocycles. The summed E-state index contributed by atoms with van der Waals surface area (Å²) < 4.78 is 63.6. The van der Waals surface area contributed by atoms with Crippen LogP contribution in [0, 0.1) is 0 Å². The van der Waals surface area contributed by atoms with Crippen LogP contribution in [-0.2, 0) is 16.2 Å². The molecule has 2 aromatic carbocycles. The van der Waals surface area contributed by atoms with Crippen molar-refractivity contribution in [2.45, 2.75) is 11.1 Å². The average molecular weight is 352 g/mol. The lowest BCUT2D eigenvalue weighted by molar-refractivity contribution is -0.139. The normalized spacial score (nSPS) is 12.5. The van der Waals surface area contributed by atoms with E-state index in [1.165, 1.54) is 12.1 Å². The number of fused-ring (bicyclic) bond motifs is 1. The van der Waals surface area contributed by atoms with E-state index in [9.17, 15) is 21.6 Å². The zero-order valence-corrected chi connectivity index (χ0v) is 12.9. The maximum absolute atomic E-state index is 13.3. The molecule has 3 rings (SSSR count). The number of rotatable bonds is 2. The Hall–Kier alpha value is -2.45. The van der Waals surface area contributed by atoms with Gasteiger partial charge in [0.1, 0.15) is 4.90 Å². The van der Waals surface area contributed by atoms with Crippen LogP contribution in [0.1, 0.15) is 5.56 Å². The Morgan fingerprint density at radius 1 is 0.917 bits per heavy atom. The highest BCUT2D eigenvalue weighted by Crippen LogP contribution is 2.40. The first kappa shape index (κ1) is 16.4. The summed E-state index contributed by atoms with van der Waals surface area (Å²) in [6.45, 7) is 0. The smallest absolute Gasteiger partial charge is 0.256 e. The first-order chi connectivity index (χ1) is 11.2. The summed E-state index contributed by atoms with van der Waals surface area (Å²) >= 11 is 0. The molecule has 2 N–H and O–H groups in total. The molecule has 0 amide bonds. The van der Waals surface area contributed by atoms with Crippen molar-refractivity contribution in [3.8, 4) is 11.1 Å². The van der Waals surface area contributed by atoms with E-state index in [1.54, 1.807) is 30.5 Å². The molecule has 0 aliphatic heterocycles. The molecular formula is C16H11F3N2O2S. The third kappa shape index (κ3) is 2.85. The van der Waals surface area contributed by atoms with Gasteiger partial charge in [0.15, 0.2) is 0 Å². The lowest BCUT2D eigenvalue weighted by Crippen LogP contribution is -2.20. The van der Waals surface area contributed by atoms with Gasteiger partial charge in [-0.2, -0.15) is 13.2 Å². The van der Waals surface area contributed by atoms with E-state index in [0.29, 0.717) is 22.5 Å². The van der Waals surface area contributed by atoms with Gasteiger partial charge in [-0.25, -0.2) is 13.6 Å². The van der Waals surface area contributed by atoms with Crippen LogP contribution in [0.25, 0.3) is 22.0 Å². The maximum Gasteiger partial charge on any atom is 0.417 e. The molecule has 0 radical (unpaired) electrons. The standard InChI is InChI=1S/C16H11F3N2O2S/c17-16(18,19)13-7-1-5-12(15(13)24(20,22)23)10-4-2-8-14-11(10)6-3-9-21-14/h1-9H,(H2,20,22,23). The van der Waals surface area contributed by atoms with Gasteiger partial charge >= 0.3 is 6.18 Å². The first-order valence-electron chi connectivity index (χ1n) is 6.77. The van der Waals surface area contributed by atoms with E-state index >= 15 is 0 Å². The lowest BCUT2D eigenvalue weighted by atomic mass is 9.98. The molecule has 0 saturated carbocycles. The van der Waals surface area contributed by atoms with Gasteiger partial charge in [-0.3, -0.25) is 4.98 Å². The van der Waals surface area contributed by atoms with Gasteiger partial charge in [0.25, 0.3) is 0 Å². The van der Waals surface area contributed by atoms with Crippen LogP contribution in [-0.4, -0.2) is 13.4 Å². The Balaban J connectivity index is 2.45. The highest BCUT2D eigenvalue weighted by atomic mass is 32.2. The number of hydrogen-bond donors (Lipinski definition) is 1. The van der Waals surface area contributed by atoms with Crippen LogP contribution in [0.5, 0.6) is 0 Å². The molecular weight excluding hydrogens is 341 g/mol. The molecule has 24 heavy (non-hydrogen) atoms. The molecule has 0 aliphatic rings. The SMILES string of the molecule is NS(=O)(=O)c1c(-c2cccc3ncccc23)cccc1C(F)(F)F. The third-order valence-electron chi connectivity index (χ3n) is 3.54.